The minimum Gasteiger partial charge on any atom is -0.337 e. The molecular formula is C13H31N3O. The van der Waals surface area contributed by atoms with Gasteiger partial charge in [-0.3, -0.25) is 0 Å². The van der Waals surface area contributed by atoms with Crippen LogP contribution in [0.5, 0.6) is 0 Å². The van der Waals surface area contributed by atoms with Gasteiger partial charge in [-0.15, -0.1) is 0 Å². The van der Waals surface area contributed by atoms with Gasteiger partial charge in [0.25, 0.3) is 0 Å². The fourth-order valence-corrected chi connectivity index (χ4v) is 1.50. The minimum atomic E-state index is 0.0392. The zero-order valence-corrected chi connectivity index (χ0v) is 12.3. The van der Waals surface area contributed by atoms with Crippen LogP contribution in [0.15, 0.2) is 0 Å². The quantitative estimate of drug-likeness (QED) is 0.785. The summed E-state index contributed by atoms with van der Waals surface area (Å²) in [5.74, 6) is 0.763. The van der Waals surface area contributed by atoms with Crippen LogP contribution in [0.1, 0.15) is 47.5 Å². The molecule has 0 aliphatic carbocycles. The van der Waals surface area contributed by atoms with Gasteiger partial charge in [0.05, 0.1) is 0 Å². The largest absolute Gasteiger partial charge is 0.337 e. The molecule has 1 saturated heterocycles. The van der Waals surface area contributed by atoms with Crippen LogP contribution in [0.3, 0.4) is 0 Å². The standard InChI is InChI=1S/C9H19N3O.2C2H6/c1-8-2-6-12(7-3-8)9(13)11-5-4-10;2*1-2/h8H,2-7,10H2,1H3,(H,11,13);2*1-2H3. The van der Waals surface area contributed by atoms with E-state index in [9.17, 15) is 4.79 Å². The van der Waals surface area contributed by atoms with Crippen molar-refractivity contribution in [1.29, 1.82) is 0 Å². The van der Waals surface area contributed by atoms with E-state index >= 15 is 0 Å². The first kappa shape index (κ1) is 18.6. The van der Waals surface area contributed by atoms with Gasteiger partial charge in [-0.25, -0.2) is 4.79 Å². The number of amides is 2. The summed E-state index contributed by atoms with van der Waals surface area (Å²) >= 11 is 0. The van der Waals surface area contributed by atoms with Crippen molar-refractivity contribution in [1.82, 2.24) is 10.2 Å². The van der Waals surface area contributed by atoms with Crippen LogP contribution in [0.4, 0.5) is 4.79 Å². The van der Waals surface area contributed by atoms with Crippen LogP contribution < -0.4 is 11.1 Å². The van der Waals surface area contributed by atoms with Crippen LogP contribution in [-0.4, -0.2) is 37.1 Å². The molecule has 2 amide bonds. The molecule has 0 aromatic carbocycles. The van der Waals surface area contributed by atoms with Crippen LogP contribution in [0, 0.1) is 5.92 Å². The van der Waals surface area contributed by atoms with Gasteiger partial charge in [0, 0.05) is 26.2 Å². The van der Waals surface area contributed by atoms with Gasteiger partial charge in [-0.05, 0) is 18.8 Å². The van der Waals surface area contributed by atoms with Gasteiger partial charge in [0.1, 0.15) is 0 Å². The summed E-state index contributed by atoms with van der Waals surface area (Å²) in [5, 5.41) is 2.78. The van der Waals surface area contributed by atoms with Crippen molar-refractivity contribution in [2.75, 3.05) is 26.2 Å². The third-order valence-corrected chi connectivity index (χ3v) is 2.49. The van der Waals surface area contributed by atoms with Crippen molar-refractivity contribution in [3.63, 3.8) is 0 Å². The highest BCUT2D eigenvalue weighted by Gasteiger charge is 2.19. The summed E-state index contributed by atoms with van der Waals surface area (Å²) in [6.07, 6.45) is 2.24. The van der Waals surface area contributed by atoms with Gasteiger partial charge >= 0.3 is 6.03 Å². The second-order valence-electron chi connectivity index (χ2n) is 3.69. The zero-order valence-electron chi connectivity index (χ0n) is 12.3. The highest BCUT2D eigenvalue weighted by Crippen LogP contribution is 2.15. The normalized spacial score (nSPS) is 15.1. The number of urea groups is 1. The highest BCUT2D eigenvalue weighted by atomic mass is 16.2. The number of nitrogens with zero attached hydrogens (tertiary/aromatic N) is 1. The Hall–Kier alpha value is -0.770. The van der Waals surface area contributed by atoms with E-state index in [0.29, 0.717) is 13.1 Å². The molecular weight excluding hydrogens is 214 g/mol. The molecule has 0 saturated carbocycles. The smallest absolute Gasteiger partial charge is 0.317 e. The van der Waals surface area contributed by atoms with Crippen LogP contribution >= 0.6 is 0 Å². The molecule has 4 heteroatoms. The van der Waals surface area contributed by atoms with Crippen molar-refractivity contribution >= 4 is 6.03 Å². The lowest BCUT2D eigenvalue weighted by Crippen LogP contribution is -2.45. The summed E-state index contributed by atoms with van der Waals surface area (Å²) in [5.41, 5.74) is 5.30. The molecule has 17 heavy (non-hydrogen) atoms. The lowest BCUT2D eigenvalue weighted by atomic mass is 10.00. The number of carbonyl (C=O) groups is 1. The Morgan fingerprint density at radius 1 is 1.24 bits per heavy atom. The molecule has 3 N–H and O–H groups in total. The van der Waals surface area contributed by atoms with E-state index in [1.165, 1.54) is 0 Å². The number of piperidine rings is 1. The first-order valence-electron chi connectivity index (χ1n) is 6.97. The Labute approximate surface area is 107 Å². The van der Waals surface area contributed by atoms with E-state index in [4.69, 9.17) is 5.73 Å². The number of carbonyl (C=O) groups excluding carboxylic acids is 1. The fraction of sp³-hybridized carbons (Fsp3) is 0.923. The Balaban J connectivity index is 0. The fourth-order valence-electron chi connectivity index (χ4n) is 1.50. The molecule has 1 fully saturated rings. The maximum absolute atomic E-state index is 11.4. The second kappa shape index (κ2) is 13.3. The Bertz CT molecular complexity index is 166. The SMILES string of the molecule is CC.CC.CC1CCN(C(=O)NCCN)CC1. The van der Waals surface area contributed by atoms with Crippen molar-refractivity contribution in [2.24, 2.45) is 11.7 Å². The first-order valence-corrected chi connectivity index (χ1v) is 6.97. The van der Waals surface area contributed by atoms with Crippen LogP contribution in [0.2, 0.25) is 0 Å². The number of nitrogens with one attached hydrogen (secondary N) is 1. The van der Waals surface area contributed by atoms with E-state index < -0.39 is 0 Å². The molecule has 0 atom stereocenters. The molecule has 4 nitrogen and oxygen atoms in total. The van der Waals surface area contributed by atoms with Crippen molar-refractivity contribution in [2.45, 2.75) is 47.5 Å². The van der Waals surface area contributed by atoms with Crippen molar-refractivity contribution in [3.05, 3.63) is 0 Å². The monoisotopic (exact) mass is 245 g/mol. The zero-order chi connectivity index (χ0) is 13.7. The van der Waals surface area contributed by atoms with Gasteiger partial charge in [-0.1, -0.05) is 34.6 Å². The number of rotatable bonds is 2. The molecule has 0 aromatic heterocycles. The van der Waals surface area contributed by atoms with Gasteiger partial charge in [0.2, 0.25) is 0 Å². The molecule has 1 aliphatic rings. The summed E-state index contributed by atoms with van der Waals surface area (Å²) in [6.45, 7) is 13.1. The van der Waals surface area contributed by atoms with Crippen molar-refractivity contribution in [3.8, 4) is 0 Å². The number of hydrogen-bond donors (Lipinski definition) is 2. The lowest BCUT2D eigenvalue weighted by molar-refractivity contribution is 0.174. The molecule has 1 heterocycles. The first-order chi connectivity index (χ1) is 8.24. The Morgan fingerprint density at radius 3 is 2.12 bits per heavy atom. The van der Waals surface area contributed by atoms with Gasteiger partial charge in [0.15, 0.2) is 0 Å². The molecule has 0 unspecified atom stereocenters. The Kier molecular flexibility index (Phi) is 14.5. The minimum absolute atomic E-state index is 0.0392. The number of nitrogens with two attached hydrogens (primary N) is 1. The average Bonchev–Trinajstić information content (AvgIpc) is 2.41. The maximum atomic E-state index is 11.4. The molecule has 1 rings (SSSR count). The van der Waals surface area contributed by atoms with E-state index in [1.54, 1.807) is 0 Å². The molecule has 0 radical (unpaired) electrons. The summed E-state index contributed by atoms with van der Waals surface area (Å²) in [4.78, 5) is 13.3. The second-order valence-corrected chi connectivity index (χ2v) is 3.69. The molecule has 104 valence electrons. The lowest BCUT2D eigenvalue weighted by Gasteiger charge is -2.30. The Morgan fingerprint density at radius 2 is 1.71 bits per heavy atom. The summed E-state index contributed by atoms with van der Waals surface area (Å²) in [7, 11) is 0. The topological polar surface area (TPSA) is 58.4 Å². The predicted molar refractivity (Wildman–Crippen MR) is 75.1 cm³/mol. The molecule has 0 spiro atoms. The third-order valence-electron chi connectivity index (χ3n) is 2.49. The third kappa shape index (κ3) is 8.98. The molecule has 1 aliphatic heterocycles. The number of hydrogen-bond acceptors (Lipinski definition) is 2. The molecule has 0 aromatic rings. The summed E-state index contributed by atoms with van der Waals surface area (Å²) in [6, 6.07) is 0.0392. The van der Waals surface area contributed by atoms with Gasteiger partial charge < -0.3 is 16.0 Å². The maximum Gasteiger partial charge on any atom is 0.317 e. The predicted octanol–water partition coefficient (Wildman–Crippen LogP) is 2.44. The van der Waals surface area contributed by atoms with Gasteiger partial charge in [-0.2, -0.15) is 0 Å². The van der Waals surface area contributed by atoms with E-state index in [1.807, 2.05) is 32.6 Å². The van der Waals surface area contributed by atoms with Crippen molar-refractivity contribution < 1.29 is 4.79 Å². The number of likely N-dealkylation sites (tertiary alicyclic amines) is 1. The van der Waals surface area contributed by atoms with Crippen LogP contribution in [-0.2, 0) is 0 Å². The van der Waals surface area contributed by atoms with E-state index in [-0.39, 0.29) is 6.03 Å². The molecule has 0 bridgehead atoms. The average molecular weight is 245 g/mol. The highest BCUT2D eigenvalue weighted by molar-refractivity contribution is 5.74. The van der Waals surface area contributed by atoms with Crippen LogP contribution in [0.25, 0.3) is 0 Å². The van der Waals surface area contributed by atoms with E-state index in [2.05, 4.69) is 12.2 Å². The summed E-state index contributed by atoms with van der Waals surface area (Å²) < 4.78 is 0. The van der Waals surface area contributed by atoms with E-state index in [0.717, 1.165) is 31.8 Å².